The van der Waals surface area contributed by atoms with E-state index in [1.807, 2.05) is 0 Å². The van der Waals surface area contributed by atoms with Gasteiger partial charge in [0.25, 0.3) is 0 Å². The Bertz CT molecular complexity index is 513. The molecule has 1 aliphatic heterocycles. The lowest BCUT2D eigenvalue weighted by atomic mass is 10.1. The van der Waals surface area contributed by atoms with Crippen LogP contribution < -0.4 is 10.0 Å². The van der Waals surface area contributed by atoms with Crippen LogP contribution in [-0.4, -0.2) is 40.8 Å². The number of piperidine rings is 1. The van der Waals surface area contributed by atoms with Crippen LogP contribution in [0, 0.1) is 0 Å². The van der Waals surface area contributed by atoms with Crippen molar-refractivity contribution in [3.8, 4) is 0 Å². The van der Waals surface area contributed by atoms with Crippen LogP contribution in [0.25, 0.3) is 0 Å². The summed E-state index contributed by atoms with van der Waals surface area (Å²) in [4.78, 5) is 0. The summed E-state index contributed by atoms with van der Waals surface area (Å²) in [7, 11) is -3.37. The van der Waals surface area contributed by atoms with Gasteiger partial charge in [-0.05, 0) is 60.4 Å². The van der Waals surface area contributed by atoms with E-state index in [9.17, 15) is 8.42 Å². The Balaban J connectivity index is 1.65. The smallest absolute Gasteiger partial charge is 0.250 e. The summed E-state index contributed by atoms with van der Waals surface area (Å²) in [6.45, 7) is 3.01. The number of halogens is 1. The fourth-order valence-electron chi connectivity index (χ4n) is 2.00. The highest BCUT2D eigenvalue weighted by molar-refractivity contribution is 9.11. The fraction of sp³-hybridized carbons (Fsp3) is 0.667. The minimum Gasteiger partial charge on any atom is -0.378 e. The van der Waals surface area contributed by atoms with Gasteiger partial charge in [-0.2, -0.15) is 0 Å². The lowest BCUT2D eigenvalue weighted by Gasteiger charge is -2.22. The molecular formula is C12H19BrN2O3S2. The Morgan fingerprint density at radius 3 is 2.80 bits per heavy atom. The summed E-state index contributed by atoms with van der Waals surface area (Å²) >= 11 is 4.47. The first kappa shape index (κ1) is 16.4. The molecule has 1 aromatic rings. The molecule has 1 aliphatic rings. The third kappa shape index (κ3) is 5.09. The maximum atomic E-state index is 11.9. The highest BCUT2D eigenvalue weighted by atomic mass is 79.9. The standard InChI is InChI=1S/C12H19BrN2O3S2/c13-11-2-3-12(19-11)20(16,17)15-6-1-9-18-10-4-7-14-8-5-10/h2-3,10,14-15H,1,4-9H2. The molecule has 0 radical (unpaired) electrons. The van der Waals surface area contributed by atoms with Crippen molar-refractivity contribution in [2.45, 2.75) is 29.6 Å². The molecule has 1 fully saturated rings. The largest absolute Gasteiger partial charge is 0.378 e. The first-order chi connectivity index (χ1) is 9.58. The first-order valence-corrected chi connectivity index (χ1v) is 9.74. The van der Waals surface area contributed by atoms with E-state index in [0.717, 1.165) is 29.7 Å². The summed E-state index contributed by atoms with van der Waals surface area (Å²) in [5.41, 5.74) is 0. The second-order valence-electron chi connectivity index (χ2n) is 4.63. The number of ether oxygens (including phenoxy) is 1. The predicted octanol–water partition coefficient (Wildman–Crippen LogP) is 1.95. The normalized spacial score (nSPS) is 17.4. The van der Waals surface area contributed by atoms with E-state index in [0.29, 0.717) is 29.9 Å². The van der Waals surface area contributed by atoms with Gasteiger partial charge < -0.3 is 10.1 Å². The van der Waals surface area contributed by atoms with Gasteiger partial charge in [-0.15, -0.1) is 11.3 Å². The molecule has 114 valence electrons. The van der Waals surface area contributed by atoms with Crippen molar-refractivity contribution in [1.82, 2.24) is 10.0 Å². The SMILES string of the molecule is O=S(=O)(NCCCOC1CCNCC1)c1ccc(Br)s1. The fourth-order valence-corrected chi connectivity index (χ4v) is 5.13. The number of sulfonamides is 1. The van der Waals surface area contributed by atoms with Gasteiger partial charge in [0.15, 0.2) is 0 Å². The summed E-state index contributed by atoms with van der Waals surface area (Å²) in [5.74, 6) is 0. The van der Waals surface area contributed by atoms with Gasteiger partial charge in [0, 0.05) is 13.2 Å². The Labute approximate surface area is 132 Å². The lowest BCUT2D eigenvalue weighted by Crippen LogP contribution is -2.33. The summed E-state index contributed by atoms with van der Waals surface area (Å²) in [6, 6.07) is 3.34. The Hall–Kier alpha value is 0.01000. The number of thiophene rings is 1. The van der Waals surface area contributed by atoms with E-state index in [1.54, 1.807) is 12.1 Å². The molecule has 5 nitrogen and oxygen atoms in total. The maximum absolute atomic E-state index is 11.9. The number of rotatable bonds is 7. The molecule has 0 bridgehead atoms. The van der Waals surface area contributed by atoms with Crippen molar-refractivity contribution in [3.63, 3.8) is 0 Å². The van der Waals surface area contributed by atoms with E-state index in [1.165, 1.54) is 11.3 Å². The lowest BCUT2D eigenvalue weighted by molar-refractivity contribution is 0.0322. The topological polar surface area (TPSA) is 67.4 Å². The highest BCUT2D eigenvalue weighted by Gasteiger charge is 2.16. The van der Waals surface area contributed by atoms with E-state index in [4.69, 9.17) is 4.74 Å². The van der Waals surface area contributed by atoms with Gasteiger partial charge in [0.05, 0.1) is 9.89 Å². The van der Waals surface area contributed by atoms with Crippen LogP contribution in [0.5, 0.6) is 0 Å². The van der Waals surface area contributed by atoms with Gasteiger partial charge in [0.2, 0.25) is 10.0 Å². The molecule has 20 heavy (non-hydrogen) atoms. The van der Waals surface area contributed by atoms with Gasteiger partial charge in [0.1, 0.15) is 4.21 Å². The van der Waals surface area contributed by atoms with Crippen LogP contribution in [0.2, 0.25) is 0 Å². The molecule has 0 amide bonds. The molecule has 0 aromatic carbocycles. The third-order valence-corrected chi connectivity index (χ3v) is 6.64. The van der Waals surface area contributed by atoms with Crippen molar-refractivity contribution in [2.75, 3.05) is 26.2 Å². The van der Waals surface area contributed by atoms with Gasteiger partial charge in [-0.1, -0.05) is 0 Å². The zero-order valence-electron chi connectivity index (χ0n) is 11.1. The summed E-state index contributed by atoms with van der Waals surface area (Å²) in [5, 5.41) is 3.28. The molecule has 8 heteroatoms. The highest BCUT2D eigenvalue weighted by Crippen LogP contribution is 2.25. The summed E-state index contributed by atoms with van der Waals surface area (Å²) < 4.78 is 33.4. The van der Waals surface area contributed by atoms with Crippen molar-refractivity contribution < 1.29 is 13.2 Å². The second-order valence-corrected chi connectivity index (χ2v) is 9.09. The third-order valence-electron chi connectivity index (χ3n) is 3.07. The molecular weight excluding hydrogens is 364 g/mol. The number of nitrogens with one attached hydrogen (secondary N) is 2. The molecule has 1 saturated heterocycles. The number of hydrogen-bond acceptors (Lipinski definition) is 5. The zero-order valence-corrected chi connectivity index (χ0v) is 14.3. The Morgan fingerprint density at radius 1 is 1.40 bits per heavy atom. The molecule has 0 unspecified atom stereocenters. The predicted molar refractivity (Wildman–Crippen MR) is 83.7 cm³/mol. The van der Waals surface area contributed by atoms with Crippen molar-refractivity contribution >= 4 is 37.3 Å². The molecule has 0 spiro atoms. The monoisotopic (exact) mass is 382 g/mol. The first-order valence-electron chi connectivity index (χ1n) is 6.65. The van der Waals surface area contributed by atoms with E-state index in [-0.39, 0.29) is 0 Å². The Morgan fingerprint density at radius 2 is 2.15 bits per heavy atom. The van der Waals surface area contributed by atoms with Crippen LogP contribution >= 0.6 is 27.3 Å². The van der Waals surface area contributed by atoms with Gasteiger partial charge in [-0.3, -0.25) is 0 Å². The van der Waals surface area contributed by atoms with E-state index < -0.39 is 10.0 Å². The average molecular weight is 383 g/mol. The van der Waals surface area contributed by atoms with Crippen molar-refractivity contribution in [1.29, 1.82) is 0 Å². The zero-order chi connectivity index (χ0) is 14.4. The van der Waals surface area contributed by atoms with Crippen LogP contribution in [0.3, 0.4) is 0 Å². The average Bonchev–Trinajstić information content (AvgIpc) is 2.87. The maximum Gasteiger partial charge on any atom is 0.250 e. The van der Waals surface area contributed by atoms with Gasteiger partial charge in [-0.25, -0.2) is 13.1 Å². The van der Waals surface area contributed by atoms with Crippen molar-refractivity contribution in [2.24, 2.45) is 0 Å². The van der Waals surface area contributed by atoms with Crippen LogP contribution in [-0.2, 0) is 14.8 Å². The molecule has 0 atom stereocenters. The minimum atomic E-state index is -3.37. The summed E-state index contributed by atoms with van der Waals surface area (Å²) in [6.07, 6.45) is 3.08. The second kappa shape index (κ2) is 7.86. The van der Waals surface area contributed by atoms with Crippen LogP contribution in [0.1, 0.15) is 19.3 Å². The van der Waals surface area contributed by atoms with E-state index in [2.05, 4.69) is 26.0 Å². The molecule has 1 aromatic heterocycles. The molecule has 0 aliphatic carbocycles. The number of hydrogen-bond donors (Lipinski definition) is 2. The molecule has 2 N–H and O–H groups in total. The van der Waals surface area contributed by atoms with Gasteiger partial charge >= 0.3 is 0 Å². The Kier molecular flexibility index (Phi) is 6.44. The minimum absolute atomic E-state index is 0.320. The molecule has 2 heterocycles. The van der Waals surface area contributed by atoms with E-state index >= 15 is 0 Å². The van der Waals surface area contributed by atoms with Crippen LogP contribution in [0.4, 0.5) is 0 Å². The molecule has 0 saturated carbocycles. The van der Waals surface area contributed by atoms with Crippen molar-refractivity contribution in [3.05, 3.63) is 15.9 Å². The molecule has 2 rings (SSSR count). The quantitative estimate of drug-likeness (QED) is 0.707. The van der Waals surface area contributed by atoms with Crippen LogP contribution in [0.15, 0.2) is 20.1 Å².